The minimum Gasteiger partial charge on any atom is -0.386 e. The molecule has 2 rings (SSSR count). The second kappa shape index (κ2) is 5.87. The molecule has 0 aliphatic heterocycles. The van der Waals surface area contributed by atoms with Crippen molar-refractivity contribution in [2.75, 3.05) is 0 Å². The zero-order chi connectivity index (χ0) is 12.3. The van der Waals surface area contributed by atoms with Crippen molar-refractivity contribution in [3.05, 3.63) is 16.9 Å². The van der Waals surface area contributed by atoms with Crippen LogP contribution in [0.2, 0.25) is 5.02 Å². The van der Waals surface area contributed by atoms with E-state index in [1.54, 1.807) is 10.9 Å². The van der Waals surface area contributed by atoms with Crippen molar-refractivity contribution in [2.45, 2.75) is 51.0 Å². The average molecular weight is 257 g/mol. The van der Waals surface area contributed by atoms with Crippen LogP contribution in [0.3, 0.4) is 0 Å². The van der Waals surface area contributed by atoms with Gasteiger partial charge in [0.25, 0.3) is 0 Å². The maximum atomic E-state index is 10.5. The van der Waals surface area contributed by atoms with Gasteiger partial charge in [-0.2, -0.15) is 5.10 Å². The first-order valence-corrected chi connectivity index (χ1v) is 6.93. The number of hydrogen-bond acceptors (Lipinski definition) is 2. The van der Waals surface area contributed by atoms with Crippen LogP contribution in [0.1, 0.15) is 56.7 Å². The monoisotopic (exact) mass is 256 g/mol. The molecule has 0 saturated heterocycles. The lowest BCUT2D eigenvalue weighted by Gasteiger charge is -2.25. The molecule has 17 heavy (non-hydrogen) atoms. The minimum atomic E-state index is -0.465. The molecule has 0 radical (unpaired) electrons. The van der Waals surface area contributed by atoms with Crippen LogP contribution in [-0.4, -0.2) is 14.9 Å². The first-order valence-electron chi connectivity index (χ1n) is 6.55. The number of aliphatic hydroxyl groups is 1. The maximum absolute atomic E-state index is 10.5. The highest BCUT2D eigenvalue weighted by Crippen LogP contribution is 2.35. The largest absolute Gasteiger partial charge is 0.386 e. The van der Waals surface area contributed by atoms with Gasteiger partial charge in [-0.1, -0.05) is 43.7 Å². The third-order valence-electron chi connectivity index (χ3n) is 3.81. The van der Waals surface area contributed by atoms with Crippen molar-refractivity contribution in [3.63, 3.8) is 0 Å². The Balaban J connectivity index is 2.09. The molecule has 1 aromatic heterocycles. The number of rotatable bonds is 2. The van der Waals surface area contributed by atoms with Crippen LogP contribution in [0, 0.1) is 5.92 Å². The summed E-state index contributed by atoms with van der Waals surface area (Å²) in [6.07, 6.45) is 9.72. The SMILES string of the molecule is Cn1ncc(Cl)c1C(O)C1CCCCCCC1. The summed E-state index contributed by atoms with van der Waals surface area (Å²) < 4.78 is 1.70. The number of hydrogen-bond donors (Lipinski definition) is 1. The van der Waals surface area contributed by atoms with Gasteiger partial charge in [0.15, 0.2) is 0 Å². The molecule has 4 heteroatoms. The van der Waals surface area contributed by atoms with Crippen molar-refractivity contribution in [1.82, 2.24) is 9.78 Å². The summed E-state index contributed by atoms with van der Waals surface area (Å²) in [7, 11) is 1.84. The lowest BCUT2D eigenvalue weighted by atomic mass is 9.86. The molecule has 0 amide bonds. The van der Waals surface area contributed by atoms with Crippen LogP contribution in [0.4, 0.5) is 0 Å². The fourth-order valence-electron chi connectivity index (χ4n) is 2.78. The quantitative estimate of drug-likeness (QED) is 0.880. The van der Waals surface area contributed by atoms with Crippen LogP contribution in [0.5, 0.6) is 0 Å². The molecule has 1 saturated carbocycles. The van der Waals surface area contributed by atoms with E-state index >= 15 is 0 Å². The van der Waals surface area contributed by atoms with Crippen LogP contribution in [-0.2, 0) is 7.05 Å². The number of halogens is 1. The lowest BCUT2D eigenvalue weighted by Crippen LogP contribution is -2.17. The van der Waals surface area contributed by atoms with Crippen LogP contribution >= 0.6 is 11.6 Å². The summed E-state index contributed by atoms with van der Waals surface area (Å²) in [6.45, 7) is 0. The predicted molar refractivity (Wildman–Crippen MR) is 69.0 cm³/mol. The Hall–Kier alpha value is -0.540. The smallest absolute Gasteiger partial charge is 0.0999 e. The maximum Gasteiger partial charge on any atom is 0.0999 e. The highest BCUT2D eigenvalue weighted by atomic mass is 35.5. The number of nitrogens with zero attached hydrogens (tertiary/aromatic N) is 2. The van der Waals surface area contributed by atoms with Crippen molar-refractivity contribution >= 4 is 11.6 Å². The Labute approximate surface area is 108 Å². The van der Waals surface area contributed by atoms with E-state index in [0.717, 1.165) is 18.5 Å². The van der Waals surface area contributed by atoms with Crippen LogP contribution in [0.15, 0.2) is 6.20 Å². The van der Waals surface area contributed by atoms with Gasteiger partial charge in [-0.25, -0.2) is 0 Å². The van der Waals surface area contributed by atoms with Crippen molar-refractivity contribution in [3.8, 4) is 0 Å². The molecule has 1 atom stereocenters. The van der Waals surface area contributed by atoms with Crippen molar-refractivity contribution in [1.29, 1.82) is 0 Å². The van der Waals surface area contributed by atoms with E-state index in [2.05, 4.69) is 5.10 Å². The fourth-order valence-corrected chi connectivity index (χ4v) is 3.06. The predicted octanol–water partition coefficient (Wildman–Crippen LogP) is 3.47. The molecule has 1 N–H and O–H groups in total. The molecule has 1 aliphatic rings. The topological polar surface area (TPSA) is 38.0 Å². The normalized spacial score (nSPS) is 20.9. The van der Waals surface area contributed by atoms with E-state index in [1.807, 2.05) is 7.05 Å². The molecule has 1 fully saturated rings. The van der Waals surface area contributed by atoms with Gasteiger partial charge in [-0.3, -0.25) is 4.68 Å². The van der Waals surface area contributed by atoms with Gasteiger partial charge in [-0.05, 0) is 18.8 Å². The fraction of sp³-hybridized carbons (Fsp3) is 0.769. The van der Waals surface area contributed by atoms with Gasteiger partial charge < -0.3 is 5.11 Å². The van der Waals surface area contributed by atoms with Crippen molar-refractivity contribution in [2.24, 2.45) is 13.0 Å². The molecule has 96 valence electrons. The van der Waals surface area contributed by atoms with E-state index < -0.39 is 6.10 Å². The molecule has 0 bridgehead atoms. The zero-order valence-corrected chi connectivity index (χ0v) is 11.2. The second-order valence-corrected chi connectivity index (χ2v) is 5.46. The third-order valence-corrected chi connectivity index (χ3v) is 4.11. The minimum absolute atomic E-state index is 0.336. The van der Waals surface area contributed by atoms with Gasteiger partial charge in [0.1, 0.15) is 0 Å². The number of aryl methyl sites for hydroxylation is 1. The summed E-state index contributed by atoms with van der Waals surface area (Å²) in [5, 5.41) is 15.2. The van der Waals surface area contributed by atoms with Gasteiger partial charge in [0.2, 0.25) is 0 Å². The summed E-state index contributed by atoms with van der Waals surface area (Å²) >= 11 is 6.09. The second-order valence-electron chi connectivity index (χ2n) is 5.05. The highest BCUT2D eigenvalue weighted by Gasteiger charge is 2.25. The Morgan fingerprint density at radius 1 is 1.29 bits per heavy atom. The Kier molecular flexibility index (Phi) is 4.46. The van der Waals surface area contributed by atoms with Gasteiger partial charge in [0, 0.05) is 7.05 Å². The van der Waals surface area contributed by atoms with Crippen LogP contribution < -0.4 is 0 Å². The third kappa shape index (κ3) is 3.02. The Bertz CT molecular complexity index is 337. The summed E-state index contributed by atoms with van der Waals surface area (Å²) in [6, 6.07) is 0. The summed E-state index contributed by atoms with van der Waals surface area (Å²) in [5.41, 5.74) is 0.775. The van der Waals surface area contributed by atoms with E-state index in [4.69, 9.17) is 11.6 Å². The molecule has 0 spiro atoms. The first kappa shape index (κ1) is 12.9. The van der Waals surface area contributed by atoms with Gasteiger partial charge in [-0.15, -0.1) is 0 Å². The molecular weight excluding hydrogens is 236 g/mol. The first-order chi connectivity index (χ1) is 8.20. The highest BCUT2D eigenvalue weighted by molar-refractivity contribution is 6.31. The van der Waals surface area contributed by atoms with Crippen LogP contribution in [0.25, 0.3) is 0 Å². The Morgan fingerprint density at radius 3 is 2.41 bits per heavy atom. The van der Waals surface area contributed by atoms with E-state index in [0.29, 0.717) is 10.9 Å². The molecule has 3 nitrogen and oxygen atoms in total. The van der Waals surface area contributed by atoms with E-state index in [1.165, 1.54) is 32.1 Å². The van der Waals surface area contributed by atoms with E-state index in [9.17, 15) is 5.11 Å². The molecule has 0 aromatic carbocycles. The standard InChI is InChI=1S/C13H21ClN2O/c1-16-12(11(14)9-15-16)13(17)10-7-5-3-2-4-6-8-10/h9-10,13,17H,2-8H2,1H3. The number of aliphatic hydroxyl groups excluding tert-OH is 1. The summed E-state index contributed by atoms with van der Waals surface area (Å²) in [4.78, 5) is 0. The van der Waals surface area contributed by atoms with Gasteiger partial charge >= 0.3 is 0 Å². The number of aromatic nitrogens is 2. The molecule has 1 heterocycles. The molecule has 1 aromatic rings. The Morgan fingerprint density at radius 2 is 1.88 bits per heavy atom. The van der Waals surface area contributed by atoms with Gasteiger partial charge in [0.05, 0.1) is 23.0 Å². The van der Waals surface area contributed by atoms with E-state index in [-0.39, 0.29) is 0 Å². The van der Waals surface area contributed by atoms with Crippen molar-refractivity contribution < 1.29 is 5.11 Å². The average Bonchev–Trinajstić information content (AvgIpc) is 2.57. The zero-order valence-electron chi connectivity index (χ0n) is 10.4. The molecule has 1 unspecified atom stereocenters. The molecular formula is C13H21ClN2O. The lowest BCUT2D eigenvalue weighted by molar-refractivity contribution is 0.0840. The summed E-state index contributed by atoms with van der Waals surface area (Å²) in [5.74, 6) is 0.336. The molecule has 1 aliphatic carbocycles.